The second-order valence-corrected chi connectivity index (χ2v) is 20.4. The Morgan fingerprint density at radius 3 is 1.38 bits per heavy atom. The molecule has 2 unspecified atom stereocenters. The Bertz CT molecular complexity index is 3120. The van der Waals surface area contributed by atoms with Gasteiger partial charge >= 0.3 is 0 Å². The van der Waals surface area contributed by atoms with Crippen molar-refractivity contribution in [3.05, 3.63) is 195 Å². The summed E-state index contributed by atoms with van der Waals surface area (Å²) in [4.78, 5) is 39.0. The minimum atomic E-state index is -0.511. The number of nitriles is 2. The smallest absolute Gasteiger partial charge is 0.270 e. The van der Waals surface area contributed by atoms with Crippen LogP contribution in [0.15, 0.2) is 119 Å². The van der Waals surface area contributed by atoms with Gasteiger partial charge in [-0.15, -0.1) is 22.7 Å². The summed E-state index contributed by atoms with van der Waals surface area (Å²) in [7, 11) is 0. The Kier molecular flexibility index (Phi) is 9.21. The van der Waals surface area contributed by atoms with Gasteiger partial charge in [0.25, 0.3) is 11.4 Å². The highest BCUT2D eigenvalue weighted by Crippen LogP contribution is 2.59. The Morgan fingerprint density at radius 1 is 0.606 bits per heavy atom. The number of fused-ring (bicyclic) bond motifs is 11. The number of Topliss-reactive ketones (excluding diaryl/α,β-unsaturated/α-hetero) is 2. The van der Waals surface area contributed by atoms with Crippen LogP contribution in [0.2, 0.25) is 0 Å². The number of carbonyl (C=O) groups excluding carboxylic acids is 2. The molecule has 2 saturated carbocycles. The number of hydrogen-bond acceptors (Lipinski definition) is 8. The maximum atomic E-state index is 14.0. The van der Waals surface area contributed by atoms with Crippen molar-refractivity contribution in [2.24, 2.45) is 11.8 Å². The summed E-state index contributed by atoms with van der Waals surface area (Å²) in [6, 6.07) is 22.9. The molecule has 0 N–H and O–H groups in total. The van der Waals surface area contributed by atoms with Crippen LogP contribution < -0.4 is 0 Å². The SMILES string of the molecule is [C-]#[N+]/C(C#N)=C1\C(=C\c2cc3c(s2)C2=CC4C=C5OC6(CCCCC6)c6cc(/C=C7\C(=O)c8ccccc8\C7=C(\C#N)[N+]#[C-])sc6C5=CC4C=C2OC32CCCCC2)C(=O)c2ccccc21. The fourth-order valence-corrected chi connectivity index (χ4v) is 14.1. The van der Waals surface area contributed by atoms with Crippen LogP contribution in [0.25, 0.3) is 44.1 Å². The molecule has 2 aromatic carbocycles. The maximum absolute atomic E-state index is 14.0. The fourth-order valence-electron chi connectivity index (χ4n) is 11.7. The first-order valence-electron chi connectivity index (χ1n) is 22.6. The lowest BCUT2D eigenvalue weighted by Gasteiger charge is -2.46. The van der Waals surface area contributed by atoms with Crippen LogP contribution in [-0.2, 0) is 20.7 Å². The lowest BCUT2D eigenvalue weighted by Crippen LogP contribution is -2.37. The van der Waals surface area contributed by atoms with Crippen molar-refractivity contribution in [1.82, 2.24) is 0 Å². The van der Waals surface area contributed by atoms with E-state index in [-0.39, 0.29) is 34.8 Å². The molecule has 0 saturated heterocycles. The van der Waals surface area contributed by atoms with Gasteiger partial charge in [-0.25, -0.2) is 20.2 Å². The number of allylic oxidation sites excluding steroid dienone is 12. The van der Waals surface area contributed by atoms with Crippen molar-refractivity contribution in [1.29, 1.82) is 10.5 Å². The van der Waals surface area contributed by atoms with Crippen LogP contribution in [0.3, 0.4) is 0 Å². The molecule has 6 aliphatic carbocycles. The van der Waals surface area contributed by atoms with Crippen molar-refractivity contribution in [2.75, 3.05) is 0 Å². The zero-order chi connectivity index (χ0) is 44.9. The lowest BCUT2D eigenvalue weighted by atomic mass is 9.72. The summed E-state index contributed by atoms with van der Waals surface area (Å²) >= 11 is 3.28. The summed E-state index contributed by atoms with van der Waals surface area (Å²) in [5.74, 6) is 1.35. The molecule has 2 spiro atoms. The van der Waals surface area contributed by atoms with Crippen LogP contribution in [0, 0.1) is 47.6 Å². The molecule has 8 nitrogen and oxygen atoms in total. The standard InChI is InChI=1S/C56H38N4O4S2/c1-59-45(29-57)49-35-13-5-7-15-37(35)51(61)41(49)25-33-27-43-53(65-33)39-21-31-24-48-40(22-32(31)23-47(39)63-55(43)17-9-3-10-18-55)54-44(56(64-48)19-11-4-12-20-56)28-34(66-54)26-42-50(46(30-58)60-2)36-14-6-8-16-38(36)52(42)62/h5-8,13-16,21-28,31-32H,3-4,9-12,17-20H2/b41-25-,42-26-,49-45-,50-46+. The van der Waals surface area contributed by atoms with Crippen LogP contribution in [0.4, 0.5) is 0 Å². The van der Waals surface area contributed by atoms with Gasteiger partial charge in [0.15, 0.2) is 11.6 Å². The van der Waals surface area contributed by atoms with Crippen LogP contribution in [0.5, 0.6) is 0 Å². The first-order chi connectivity index (χ1) is 32.3. The number of hydrogen-bond donors (Lipinski definition) is 0. The van der Waals surface area contributed by atoms with Crippen LogP contribution in [-0.4, -0.2) is 11.6 Å². The zero-order valence-electron chi connectivity index (χ0n) is 35.7. The predicted molar refractivity (Wildman–Crippen MR) is 255 cm³/mol. The van der Waals surface area contributed by atoms with Gasteiger partial charge in [0.1, 0.15) is 22.7 Å². The number of ketones is 2. The Labute approximate surface area is 390 Å². The van der Waals surface area contributed by atoms with E-state index in [1.54, 1.807) is 34.8 Å². The van der Waals surface area contributed by atoms with Gasteiger partial charge in [-0.3, -0.25) is 9.59 Å². The van der Waals surface area contributed by atoms with E-state index >= 15 is 0 Å². The second kappa shape index (κ2) is 15.1. The summed E-state index contributed by atoms with van der Waals surface area (Å²) in [6.07, 6.45) is 22.9. The quantitative estimate of drug-likeness (QED) is 0.113. The van der Waals surface area contributed by atoms with E-state index < -0.39 is 11.2 Å². The number of rotatable bonds is 2. The molecule has 0 bridgehead atoms. The number of benzene rings is 2. The van der Waals surface area contributed by atoms with Crippen molar-refractivity contribution in [2.45, 2.75) is 75.4 Å². The van der Waals surface area contributed by atoms with Gasteiger partial charge in [0, 0.05) is 87.0 Å². The first kappa shape index (κ1) is 40.2. The average Bonchev–Trinajstić information content (AvgIpc) is 4.11. The Hall–Kier alpha value is -7.34. The first-order valence-corrected chi connectivity index (χ1v) is 24.2. The summed E-state index contributed by atoms with van der Waals surface area (Å²) in [5.41, 5.74) is 6.93. The number of nitrogens with zero attached hydrogens (tertiary/aromatic N) is 4. The number of thiophene rings is 2. The van der Waals surface area contributed by atoms with Gasteiger partial charge < -0.3 is 9.47 Å². The molecule has 2 atom stereocenters. The fraction of sp³-hybridized carbons (Fsp3) is 0.250. The van der Waals surface area contributed by atoms with Gasteiger partial charge in [-0.2, -0.15) is 0 Å². The molecule has 8 aliphatic rings. The van der Waals surface area contributed by atoms with Gasteiger partial charge in [0.05, 0.1) is 25.3 Å². The van der Waals surface area contributed by atoms with E-state index in [0.29, 0.717) is 44.5 Å². The minimum absolute atomic E-state index is 0.00960. The van der Waals surface area contributed by atoms with E-state index in [0.717, 1.165) is 118 Å². The third-order valence-electron chi connectivity index (χ3n) is 14.7. The molecular weight excluding hydrogens is 857 g/mol. The molecule has 4 heterocycles. The van der Waals surface area contributed by atoms with Gasteiger partial charge in [-0.05, 0) is 98.9 Å². The van der Waals surface area contributed by atoms with Crippen LogP contribution >= 0.6 is 22.7 Å². The van der Waals surface area contributed by atoms with E-state index in [2.05, 4.69) is 46.1 Å². The highest BCUT2D eigenvalue weighted by molar-refractivity contribution is 7.14. The zero-order valence-corrected chi connectivity index (χ0v) is 37.3. The summed E-state index contributed by atoms with van der Waals surface area (Å²) in [5, 5.41) is 20.0. The largest absolute Gasteiger partial charge is 0.482 e. The average molecular weight is 895 g/mol. The molecule has 2 fully saturated rings. The molecule has 66 heavy (non-hydrogen) atoms. The van der Waals surface area contributed by atoms with E-state index in [4.69, 9.17) is 22.6 Å². The molecule has 2 aromatic heterocycles. The second-order valence-electron chi connectivity index (χ2n) is 18.2. The highest BCUT2D eigenvalue weighted by Gasteiger charge is 2.49. The number of carbonyl (C=O) groups is 2. The highest BCUT2D eigenvalue weighted by atomic mass is 32.1. The molecule has 318 valence electrons. The van der Waals surface area contributed by atoms with Crippen molar-refractivity contribution < 1.29 is 19.1 Å². The Morgan fingerprint density at radius 2 is 1.00 bits per heavy atom. The normalized spacial score (nSPS) is 25.0. The third-order valence-corrected chi connectivity index (χ3v) is 16.9. The topological polar surface area (TPSA) is 109 Å². The molecule has 4 aromatic rings. The van der Waals surface area contributed by atoms with E-state index in [1.807, 2.05) is 60.7 Å². The van der Waals surface area contributed by atoms with Crippen molar-refractivity contribution in [3.63, 3.8) is 0 Å². The predicted octanol–water partition coefficient (Wildman–Crippen LogP) is 13.6. The van der Waals surface area contributed by atoms with Gasteiger partial charge in [-0.1, -0.05) is 73.5 Å². The van der Waals surface area contributed by atoms with E-state index in [1.165, 1.54) is 0 Å². The van der Waals surface area contributed by atoms with E-state index in [9.17, 15) is 20.1 Å². The van der Waals surface area contributed by atoms with Crippen LogP contribution in [0.1, 0.15) is 127 Å². The number of ether oxygens (including phenoxy) is 2. The minimum Gasteiger partial charge on any atom is -0.482 e. The summed E-state index contributed by atoms with van der Waals surface area (Å²) in [6.45, 7) is 15.6. The molecule has 0 radical (unpaired) electrons. The molecular formula is C56H38N4O4S2. The van der Waals surface area contributed by atoms with Crippen molar-refractivity contribution >= 4 is 68.7 Å². The Balaban J connectivity index is 0.961. The molecule has 0 amide bonds. The van der Waals surface area contributed by atoms with Crippen molar-refractivity contribution in [3.8, 4) is 12.1 Å². The maximum Gasteiger partial charge on any atom is 0.270 e. The summed E-state index contributed by atoms with van der Waals surface area (Å²) < 4.78 is 14.5. The molecule has 10 heteroatoms. The molecule has 12 rings (SSSR count). The monoisotopic (exact) mass is 894 g/mol. The third kappa shape index (κ3) is 5.89. The lowest BCUT2D eigenvalue weighted by molar-refractivity contribution is -0.0339. The molecule has 2 aliphatic heterocycles. The van der Waals surface area contributed by atoms with Gasteiger partial charge in [0.2, 0.25) is 0 Å².